The molecule has 1 aromatic heterocycles. The van der Waals surface area contributed by atoms with Crippen LogP contribution in [-0.4, -0.2) is 29.8 Å². The van der Waals surface area contributed by atoms with E-state index >= 15 is 0 Å². The van der Waals surface area contributed by atoms with Crippen molar-refractivity contribution < 1.29 is 27.6 Å². The number of hydrogen-bond donors (Lipinski definition) is 1. The molecule has 0 saturated heterocycles. The number of carbonyl (C=O) groups is 1. The van der Waals surface area contributed by atoms with Gasteiger partial charge in [-0.3, -0.25) is 4.79 Å². The number of halogens is 2. The number of ether oxygens (including phenoxy) is 2. The minimum atomic E-state index is -3.02. The average molecular weight is 407 g/mol. The molecule has 1 fully saturated rings. The lowest BCUT2D eigenvalue weighted by Gasteiger charge is -2.17. The van der Waals surface area contributed by atoms with E-state index in [-0.39, 0.29) is 23.0 Å². The van der Waals surface area contributed by atoms with Crippen LogP contribution < -0.4 is 14.8 Å². The highest BCUT2D eigenvalue weighted by Gasteiger charge is 2.31. The van der Waals surface area contributed by atoms with Crippen LogP contribution in [0.25, 0.3) is 6.08 Å². The summed E-state index contributed by atoms with van der Waals surface area (Å²) in [5.74, 6) is 0.950. The van der Waals surface area contributed by atoms with Crippen molar-refractivity contribution in [1.82, 2.24) is 15.5 Å². The number of alkyl halides is 2. The molecule has 29 heavy (non-hydrogen) atoms. The number of benzene rings is 1. The second-order valence-corrected chi connectivity index (χ2v) is 7.09. The summed E-state index contributed by atoms with van der Waals surface area (Å²) in [6, 6.07) is 4.19. The molecule has 0 spiro atoms. The van der Waals surface area contributed by atoms with Gasteiger partial charge >= 0.3 is 6.61 Å². The van der Waals surface area contributed by atoms with E-state index in [0.717, 1.165) is 12.8 Å². The van der Waals surface area contributed by atoms with Gasteiger partial charge in [-0.05, 0) is 30.9 Å². The molecule has 1 aliphatic carbocycles. The molecular weight excluding hydrogens is 384 g/mol. The third-order valence-corrected chi connectivity index (χ3v) is 4.48. The second kappa shape index (κ2) is 9.02. The van der Waals surface area contributed by atoms with Crippen molar-refractivity contribution in [2.24, 2.45) is 5.92 Å². The summed E-state index contributed by atoms with van der Waals surface area (Å²) in [4.78, 5) is 16.8. The average Bonchev–Trinajstić information content (AvgIpc) is 3.42. The number of amides is 1. The van der Waals surface area contributed by atoms with Gasteiger partial charge in [-0.25, -0.2) is 0 Å². The van der Waals surface area contributed by atoms with E-state index in [1.165, 1.54) is 25.3 Å². The van der Waals surface area contributed by atoms with Crippen LogP contribution in [0, 0.1) is 5.92 Å². The Kier molecular flexibility index (Phi) is 6.46. The van der Waals surface area contributed by atoms with Crippen LogP contribution >= 0.6 is 0 Å². The highest BCUT2D eigenvalue weighted by molar-refractivity contribution is 5.92. The van der Waals surface area contributed by atoms with Gasteiger partial charge in [0, 0.05) is 17.6 Å². The smallest absolute Gasteiger partial charge is 0.387 e. The third kappa shape index (κ3) is 5.30. The standard InChI is InChI=1S/C20H23F2N3O4/c1-11(2)16(19-24-18(25-29-19)13-7-8-13)23-15(26)10-9-12-5-4-6-14(27-3)17(12)28-20(21)22/h4-6,9-11,13,16,20H,7-8H2,1-3H3,(H,23,26)/b10-9+. The number of nitrogens with one attached hydrogen (secondary N) is 1. The minimum Gasteiger partial charge on any atom is -0.493 e. The van der Waals surface area contributed by atoms with Crippen molar-refractivity contribution >= 4 is 12.0 Å². The summed E-state index contributed by atoms with van der Waals surface area (Å²) in [5.41, 5.74) is 0.287. The molecule has 1 unspecified atom stereocenters. The van der Waals surface area contributed by atoms with E-state index in [4.69, 9.17) is 9.26 Å². The van der Waals surface area contributed by atoms with Crippen molar-refractivity contribution in [3.05, 3.63) is 41.6 Å². The topological polar surface area (TPSA) is 86.5 Å². The van der Waals surface area contributed by atoms with Crippen LogP contribution in [0.5, 0.6) is 11.5 Å². The third-order valence-electron chi connectivity index (χ3n) is 4.48. The van der Waals surface area contributed by atoms with Gasteiger partial charge in [-0.2, -0.15) is 13.8 Å². The number of methoxy groups -OCH3 is 1. The van der Waals surface area contributed by atoms with Gasteiger partial charge in [-0.15, -0.1) is 0 Å². The van der Waals surface area contributed by atoms with Crippen molar-refractivity contribution in [3.8, 4) is 11.5 Å². The zero-order valence-electron chi connectivity index (χ0n) is 16.4. The monoisotopic (exact) mass is 407 g/mol. The first kappa shape index (κ1) is 20.8. The van der Waals surface area contributed by atoms with Gasteiger partial charge in [0.2, 0.25) is 11.8 Å². The highest BCUT2D eigenvalue weighted by Crippen LogP contribution is 2.38. The Morgan fingerprint density at radius 1 is 1.34 bits per heavy atom. The second-order valence-electron chi connectivity index (χ2n) is 7.09. The van der Waals surface area contributed by atoms with Crippen LogP contribution in [0.3, 0.4) is 0 Å². The zero-order chi connectivity index (χ0) is 21.0. The molecule has 2 aromatic rings. The fraction of sp³-hybridized carbons (Fsp3) is 0.450. The molecule has 1 aliphatic rings. The molecule has 1 heterocycles. The molecule has 3 rings (SSSR count). The molecule has 1 aromatic carbocycles. The Morgan fingerprint density at radius 3 is 2.72 bits per heavy atom. The van der Waals surface area contributed by atoms with Crippen LogP contribution in [0.1, 0.15) is 55.9 Å². The molecule has 1 saturated carbocycles. The Balaban J connectivity index is 1.73. The normalized spacial score (nSPS) is 15.1. The number of carbonyl (C=O) groups excluding carboxylic acids is 1. The quantitative estimate of drug-likeness (QED) is 0.630. The molecule has 1 atom stereocenters. The lowest BCUT2D eigenvalue weighted by Crippen LogP contribution is -2.30. The minimum absolute atomic E-state index is 0.00870. The lowest BCUT2D eigenvalue weighted by molar-refractivity contribution is -0.117. The van der Waals surface area contributed by atoms with E-state index in [2.05, 4.69) is 20.2 Å². The summed E-state index contributed by atoms with van der Waals surface area (Å²) in [5, 5.41) is 6.81. The molecule has 7 nitrogen and oxygen atoms in total. The maximum Gasteiger partial charge on any atom is 0.387 e. The van der Waals surface area contributed by atoms with Gasteiger partial charge in [0.05, 0.1) is 7.11 Å². The van der Waals surface area contributed by atoms with Gasteiger partial charge in [0.1, 0.15) is 6.04 Å². The van der Waals surface area contributed by atoms with Gasteiger partial charge < -0.3 is 19.3 Å². The number of rotatable bonds is 9. The Bertz CT molecular complexity index is 878. The molecule has 0 bridgehead atoms. The molecule has 0 radical (unpaired) electrons. The van der Waals surface area contributed by atoms with Crippen LogP contribution in [0.15, 0.2) is 28.8 Å². The van der Waals surface area contributed by atoms with E-state index in [9.17, 15) is 13.6 Å². The van der Waals surface area contributed by atoms with E-state index in [1.54, 1.807) is 12.1 Å². The molecular formula is C20H23F2N3O4. The lowest BCUT2D eigenvalue weighted by atomic mass is 10.0. The van der Waals surface area contributed by atoms with Crippen molar-refractivity contribution in [1.29, 1.82) is 0 Å². The van der Waals surface area contributed by atoms with Crippen LogP contribution in [0.2, 0.25) is 0 Å². The maximum atomic E-state index is 12.7. The first-order valence-electron chi connectivity index (χ1n) is 9.33. The number of hydrogen-bond acceptors (Lipinski definition) is 6. The molecule has 1 amide bonds. The predicted octanol–water partition coefficient (Wildman–Crippen LogP) is 4.08. The largest absolute Gasteiger partial charge is 0.493 e. The fourth-order valence-electron chi connectivity index (χ4n) is 2.80. The first-order valence-corrected chi connectivity index (χ1v) is 9.33. The zero-order valence-corrected chi connectivity index (χ0v) is 16.4. The Labute approximate surface area is 167 Å². The van der Waals surface area contributed by atoms with Crippen LogP contribution in [-0.2, 0) is 4.79 Å². The Hall–Kier alpha value is -2.97. The van der Waals surface area contributed by atoms with E-state index < -0.39 is 18.6 Å². The summed E-state index contributed by atoms with van der Waals surface area (Å²) in [6.45, 7) is 0.828. The molecule has 0 aliphatic heterocycles. The van der Waals surface area contributed by atoms with Gasteiger partial charge in [0.25, 0.3) is 0 Å². The Morgan fingerprint density at radius 2 is 2.10 bits per heavy atom. The fourth-order valence-corrected chi connectivity index (χ4v) is 2.80. The number of aromatic nitrogens is 2. The molecule has 9 heteroatoms. The predicted molar refractivity (Wildman–Crippen MR) is 101 cm³/mol. The molecule has 156 valence electrons. The SMILES string of the molecule is COc1cccc(/C=C/C(=O)NC(c2nc(C3CC3)no2)C(C)C)c1OC(F)F. The number of para-hydroxylation sites is 1. The van der Waals surface area contributed by atoms with Gasteiger partial charge in [-0.1, -0.05) is 31.1 Å². The van der Waals surface area contributed by atoms with Crippen LogP contribution in [0.4, 0.5) is 8.78 Å². The summed E-state index contributed by atoms with van der Waals surface area (Å²) in [6.07, 6.45) is 4.71. The molecule has 1 N–H and O–H groups in total. The van der Waals surface area contributed by atoms with E-state index in [1.807, 2.05) is 13.8 Å². The summed E-state index contributed by atoms with van der Waals surface area (Å²) < 4.78 is 40.4. The maximum absolute atomic E-state index is 12.7. The highest BCUT2D eigenvalue weighted by atomic mass is 19.3. The first-order chi connectivity index (χ1) is 13.9. The van der Waals surface area contributed by atoms with Crippen molar-refractivity contribution in [3.63, 3.8) is 0 Å². The van der Waals surface area contributed by atoms with Crippen molar-refractivity contribution in [2.45, 2.75) is 45.3 Å². The number of nitrogens with zero attached hydrogens (tertiary/aromatic N) is 2. The summed E-state index contributed by atoms with van der Waals surface area (Å²) >= 11 is 0. The summed E-state index contributed by atoms with van der Waals surface area (Å²) in [7, 11) is 1.35. The van der Waals surface area contributed by atoms with E-state index in [0.29, 0.717) is 17.6 Å². The van der Waals surface area contributed by atoms with Crippen molar-refractivity contribution in [2.75, 3.05) is 7.11 Å². The van der Waals surface area contributed by atoms with Gasteiger partial charge in [0.15, 0.2) is 17.3 Å².